The molecule has 0 bridgehead atoms. The zero-order chi connectivity index (χ0) is 19.5. The minimum atomic E-state index is -0.796. The average molecular weight is 387 g/mol. The van der Waals surface area contributed by atoms with Gasteiger partial charge in [0.25, 0.3) is 0 Å². The van der Waals surface area contributed by atoms with Crippen LogP contribution in [0.4, 0.5) is 14.5 Å². The lowest BCUT2D eigenvalue weighted by atomic mass is 9.97. The SMILES string of the molecule is O=C1CCCc2c1ccn2CCCCN1CCN(c2ccc(F)c(F)c2)CC1. The van der Waals surface area contributed by atoms with Gasteiger partial charge in [-0.05, 0) is 50.4 Å². The molecule has 2 heterocycles. The van der Waals surface area contributed by atoms with Crippen molar-refractivity contribution in [2.75, 3.05) is 37.6 Å². The maximum absolute atomic E-state index is 13.4. The highest BCUT2D eigenvalue weighted by Crippen LogP contribution is 2.23. The summed E-state index contributed by atoms with van der Waals surface area (Å²) in [4.78, 5) is 16.5. The Hall–Kier alpha value is -2.21. The van der Waals surface area contributed by atoms with Gasteiger partial charge in [-0.15, -0.1) is 0 Å². The largest absolute Gasteiger partial charge is 0.369 e. The predicted octanol–water partition coefficient (Wildman–Crippen LogP) is 3.89. The fourth-order valence-corrected chi connectivity index (χ4v) is 4.33. The van der Waals surface area contributed by atoms with Crippen LogP contribution in [-0.2, 0) is 13.0 Å². The summed E-state index contributed by atoms with van der Waals surface area (Å²) in [6.07, 6.45) is 6.95. The van der Waals surface area contributed by atoms with E-state index >= 15 is 0 Å². The van der Waals surface area contributed by atoms with Gasteiger partial charge < -0.3 is 9.47 Å². The lowest BCUT2D eigenvalue weighted by molar-refractivity contribution is 0.0971. The third-order valence-electron chi connectivity index (χ3n) is 5.96. The van der Waals surface area contributed by atoms with Crippen molar-refractivity contribution in [3.05, 3.63) is 53.4 Å². The van der Waals surface area contributed by atoms with E-state index in [1.54, 1.807) is 6.07 Å². The van der Waals surface area contributed by atoms with Gasteiger partial charge in [-0.25, -0.2) is 8.78 Å². The van der Waals surface area contributed by atoms with E-state index in [4.69, 9.17) is 0 Å². The summed E-state index contributed by atoms with van der Waals surface area (Å²) < 4.78 is 28.8. The number of hydrogen-bond donors (Lipinski definition) is 0. The minimum absolute atomic E-state index is 0.291. The topological polar surface area (TPSA) is 28.5 Å². The molecule has 1 aliphatic heterocycles. The van der Waals surface area contributed by atoms with Crippen LogP contribution in [0.1, 0.15) is 41.7 Å². The Bertz CT molecular complexity index is 840. The van der Waals surface area contributed by atoms with Gasteiger partial charge in [-0.1, -0.05) is 0 Å². The molecule has 1 aliphatic carbocycles. The van der Waals surface area contributed by atoms with Crippen molar-refractivity contribution < 1.29 is 13.6 Å². The molecule has 4 rings (SSSR count). The number of piperazine rings is 1. The highest BCUT2D eigenvalue weighted by atomic mass is 19.2. The molecule has 1 fully saturated rings. The summed E-state index contributed by atoms with van der Waals surface area (Å²) in [5.74, 6) is -1.29. The quantitative estimate of drug-likeness (QED) is 0.704. The summed E-state index contributed by atoms with van der Waals surface area (Å²) in [7, 11) is 0. The van der Waals surface area contributed by atoms with Gasteiger partial charge in [0, 0.05) is 68.4 Å². The number of ketones is 1. The summed E-state index contributed by atoms with van der Waals surface area (Å²) in [5.41, 5.74) is 2.90. The minimum Gasteiger partial charge on any atom is -0.369 e. The molecule has 1 saturated heterocycles. The Morgan fingerprint density at radius 3 is 2.46 bits per heavy atom. The number of carbonyl (C=O) groups is 1. The van der Waals surface area contributed by atoms with Gasteiger partial charge in [0.1, 0.15) is 0 Å². The molecule has 0 N–H and O–H groups in total. The number of aromatic nitrogens is 1. The maximum atomic E-state index is 13.4. The molecular formula is C22H27F2N3O. The molecule has 0 amide bonds. The zero-order valence-electron chi connectivity index (χ0n) is 16.2. The van der Waals surface area contributed by atoms with Gasteiger partial charge in [0.2, 0.25) is 0 Å². The van der Waals surface area contributed by atoms with Crippen molar-refractivity contribution in [2.24, 2.45) is 0 Å². The van der Waals surface area contributed by atoms with Gasteiger partial charge >= 0.3 is 0 Å². The number of carbonyl (C=O) groups excluding carboxylic acids is 1. The molecule has 4 nitrogen and oxygen atoms in total. The number of fused-ring (bicyclic) bond motifs is 1. The number of anilines is 1. The number of benzene rings is 1. The second kappa shape index (κ2) is 8.43. The Balaban J connectivity index is 1.20. The fraction of sp³-hybridized carbons (Fsp3) is 0.500. The van der Waals surface area contributed by atoms with E-state index in [0.717, 1.165) is 76.2 Å². The molecule has 0 saturated carbocycles. The Kier molecular flexibility index (Phi) is 5.76. The highest BCUT2D eigenvalue weighted by molar-refractivity contribution is 5.98. The van der Waals surface area contributed by atoms with E-state index in [2.05, 4.69) is 20.6 Å². The first kappa shape index (κ1) is 19.1. The first-order valence-electron chi connectivity index (χ1n) is 10.3. The van der Waals surface area contributed by atoms with E-state index in [0.29, 0.717) is 12.2 Å². The molecule has 28 heavy (non-hydrogen) atoms. The maximum Gasteiger partial charge on any atom is 0.164 e. The van der Waals surface area contributed by atoms with Crippen LogP contribution >= 0.6 is 0 Å². The van der Waals surface area contributed by atoms with Crippen LogP contribution in [0.25, 0.3) is 0 Å². The van der Waals surface area contributed by atoms with E-state index < -0.39 is 11.6 Å². The van der Waals surface area contributed by atoms with Crippen molar-refractivity contribution in [1.29, 1.82) is 0 Å². The lowest BCUT2D eigenvalue weighted by Crippen LogP contribution is -2.46. The first-order chi connectivity index (χ1) is 13.6. The summed E-state index contributed by atoms with van der Waals surface area (Å²) in [6.45, 7) is 5.56. The third-order valence-corrected chi connectivity index (χ3v) is 5.96. The molecule has 0 radical (unpaired) electrons. The summed E-state index contributed by atoms with van der Waals surface area (Å²) >= 11 is 0. The van der Waals surface area contributed by atoms with E-state index in [9.17, 15) is 13.6 Å². The van der Waals surface area contributed by atoms with Crippen LogP contribution in [0.5, 0.6) is 0 Å². The van der Waals surface area contributed by atoms with Gasteiger partial charge in [0.15, 0.2) is 17.4 Å². The number of halogens is 2. The molecule has 0 spiro atoms. The molecule has 1 aromatic heterocycles. The van der Waals surface area contributed by atoms with Gasteiger partial charge in [-0.3, -0.25) is 9.69 Å². The van der Waals surface area contributed by atoms with E-state index in [1.807, 2.05) is 6.07 Å². The summed E-state index contributed by atoms with van der Waals surface area (Å²) in [5, 5.41) is 0. The molecule has 2 aromatic rings. The average Bonchev–Trinajstić information content (AvgIpc) is 3.12. The van der Waals surface area contributed by atoms with Crippen molar-refractivity contribution in [3.63, 3.8) is 0 Å². The first-order valence-corrected chi connectivity index (χ1v) is 10.3. The van der Waals surface area contributed by atoms with E-state index in [-0.39, 0.29) is 0 Å². The second-order valence-electron chi connectivity index (χ2n) is 7.78. The Morgan fingerprint density at radius 2 is 1.68 bits per heavy atom. The van der Waals surface area contributed by atoms with Crippen LogP contribution in [0.3, 0.4) is 0 Å². The van der Waals surface area contributed by atoms with Crippen LogP contribution in [-0.4, -0.2) is 48.0 Å². The van der Waals surface area contributed by atoms with Crippen LogP contribution in [0.2, 0.25) is 0 Å². The van der Waals surface area contributed by atoms with Gasteiger partial charge in [-0.2, -0.15) is 0 Å². The Labute approximate surface area is 164 Å². The van der Waals surface area contributed by atoms with Crippen molar-refractivity contribution in [2.45, 2.75) is 38.6 Å². The number of unbranched alkanes of at least 4 members (excludes halogenated alkanes) is 1. The number of hydrogen-bond acceptors (Lipinski definition) is 3. The van der Waals surface area contributed by atoms with Crippen LogP contribution in [0.15, 0.2) is 30.5 Å². The van der Waals surface area contributed by atoms with Crippen LogP contribution in [0, 0.1) is 11.6 Å². The normalized spacial score (nSPS) is 17.8. The third kappa shape index (κ3) is 4.12. The van der Waals surface area contributed by atoms with Gasteiger partial charge in [0.05, 0.1) is 0 Å². The number of nitrogens with zero attached hydrogens (tertiary/aromatic N) is 3. The monoisotopic (exact) mass is 387 g/mol. The van der Waals surface area contributed by atoms with Crippen LogP contribution < -0.4 is 4.90 Å². The molecule has 0 unspecified atom stereocenters. The van der Waals surface area contributed by atoms with Crippen molar-refractivity contribution in [3.8, 4) is 0 Å². The van der Waals surface area contributed by atoms with E-state index in [1.165, 1.54) is 17.8 Å². The highest BCUT2D eigenvalue weighted by Gasteiger charge is 2.21. The predicted molar refractivity (Wildman–Crippen MR) is 106 cm³/mol. The fourth-order valence-electron chi connectivity index (χ4n) is 4.33. The molecule has 6 heteroatoms. The molecule has 1 aromatic carbocycles. The summed E-state index contributed by atoms with van der Waals surface area (Å²) in [6, 6.07) is 6.11. The molecular weight excluding hydrogens is 360 g/mol. The van der Waals surface area contributed by atoms with Crippen molar-refractivity contribution >= 4 is 11.5 Å². The number of aryl methyl sites for hydroxylation is 1. The number of rotatable bonds is 6. The zero-order valence-corrected chi connectivity index (χ0v) is 16.2. The lowest BCUT2D eigenvalue weighted by Gasteiger charge is -2.36. The standard InChI is InChI=1S/C22H27F2N3O/c23-19-7-6-17(16-20(19)24)26-14-12-25(13-15-26)9-1-2-10-27-11-8-18-21(27)4-3-5-22(18)28/h6-8,11,16H,1-5,9-10,12-15H2. The Morgan fingerprint density at radius 1 is 0.893 bits per heavy atom. The molecule has 0 atom stereocenters. The molecule has 150 valence electrons. The number of Topliss-reactive ketones (excluding diaryl/α,β-unsaturated/α-hetero) is 1. The second-order valence-corrected chi connectivity index (χ2v) is 7.78. The molecule has 2 aliphatic rings. The smallest absolute Gasteiger partial charge is 0.164 e. The van der Waals surface area contributed by atoms with Crippen molar-refractivity contribution in [1.82, 2.24) is 9.47 Å².